The van der Waals surface area contributed by atoms with Crippen LogP contribution < -0.4 is 0 Å². The Labute approximate surface area is 72.6 Å². The largest absolute Gasteiger partial charge is 0.495 e. The van der Waals surface area contributed by atoms with Crippen molar-refractivity contribution < 1.29 is 9.53 Å². The van der Waals surface area contributed by atoms with Gasteiger partial charge in [0.2, 0.25) is 0 Å². The lowest BCUT2D eigenvalue weighted by atomic mass is 9.90. The maximum absolute atomic E-state index is 11.4. The number of rotatable bonds is 0. The van der Waals surface area contributed by atoms with Gasteiger partial charge in [0.15, 0.2) is 5.78 Å². The summed E-state index contributed by atoms with van der Waals surface area (Å²) in [7, 11) is 0. The van der Waals surface area contributed by atoms with E-state index in [1.54, 1.807) is 0 Å². The molecule has 1 atom stereocenters. The van der Waals surface area contributed by atoms with E-state index in [1.165, 1.54) is 0 Å². The summed E-state index contributed by atoms with van der Waals surface area (Å²) >= 11 is 0. The second-order valence-electron chi connectivity index (χ2n) is 3.65. The van der Waals surface area contributed by atoms with E-state index < -0.39 is 0 Å². The quantitative estimate of drug-likeness (QED) is 0.551. The highest BCUT2D eigenvalue weighted by atomic mass is 16.5. The van der Waals surface area contributed by atoms with Gasteiger partial charge in [0.25, 0.3) is 0 Å². The molecule has 2 nitrogen and oxygen atoms in total. The monoisotopic (exact) mass is 166 g/mol. The molecule has 0 fully saturated rings. The minimum absolute atomic E-state index is 0.314. The van der Waals surface area contributed by atoms with Crippen molar-refractivity contribution in [3.8, 4) is 0 Å². The first kappa shape index (κ1) is 7.84. The van der Waals surface area contributed by atoms with Crippen LogP contribution in [0.15, 0.2) is 11.3 Å². The van der Waals surface area contributed by atoms with E-state index in [-0.39, 0.29) is 0 Å². The van der Waals surface area contributed by atoms with Crippen LogP contribution in [-0.4, -0.2) is 11.9 Å². The molecule has 2 heteroatoms. The van der Waals surface area contributed by atoms with Crippen molar-refractivity contribution in [2.24, 2.45) is 0 Å². The Morgan fingerprint density at radius 1 is 1.33 bits per heavy atom. The van der Waals surface area contributed by atoms with Crippen LogP contribution in [-0.2, 0) is 9.53 Å². The van der Waals surface area contributed by atoms with E-state index in [1.807, 2.05) is 0 Å². The van der Waals surface area contributed by atoms with Gasteiger partial charge in [-0.3, -0.25) is 4.79 Å². The molecule has 0 saturated carbocycles. The summed E-state index contributed by atoms with van der Waals surface area (Å²) in [4.78, 5) is 11.4. The fraction of sp³-hybridized carbons (Fsp3) is 0.700. The van der Waals surface area contributed by atoms with Crippen LogP contribution in [0.5, 0.6) is 0 Å². The number of ketones is 1. The summed E-state index contributed by atoms with van der Waals surface area (Å²) in [6.07, 6.45) is 4.95. The van der Waals surface area contributed by atoms with Crippen molar-refractivity contribution in [3.05, 3.63) is 11.3 Å². The first-order valence-corrected chi connectivity index (χ1v) is 4.69. The average Bonchev–Trinajstić information content (AvgIpc) is 2.04. The molecule has 0 saturated heterocycles. The van der Waals surface area contributed by atoms with Crippen LogP contribution in [0.2, 0.25) is 0 Å². The zero-order valence-corrected chi connectivity index (χ0v) is 7.43. The second-order valence-corrected chi connectivity index (χ2v) is 3.65. The van der Waals surface area contributed by atoms with Crippen LogP contribution in [0.3, 0.4) is 0 Å². The van der Waals surface area contributed by atoms with Crippen LogP contribution in [0.1, 0.15) is 39.0 Å². The first-order chi connectivity index (χ1) is 5.77. The lowest BCUT2D eigenvalue weighted by Crippen LogP contribution is -2.22. The number of carbonyl (C=O) groups excluding carboxylic acids is 1. The van der Waals surface area contributed by atoms with Gasteiger partial charge in [-0.15, -0.1) is 0 Å². The molecule has 2 aliphatic rings. The van der Waals surface area contributed by atoms with Gasteiger partial charge in [-0.25, -0.2) is 0 Å². The van der Waals surface area contributed by atoms with Gasteiger partial charge in [-0.05, 0) is 26.2 Å². The molecule has 0 aromatic rings. The molecule has 1 heterocycles. The second kappa shape index (κ2) is 2.92. The number of carbonyl (C=O) groups is 1. The van der Waals surface area contributed by atoms with Crippen LogP contribution in [0.25, 0.3) is 0 Å². The van der Waals surface area contributed by atoms with E-state index in [9.17, 15) is 4.79 Å². The van der Waals surface area contributed by atoms with Crippen molar-refractivity contribution in [1.82, 2.24) is 0 Å². The zero-order chi connectivity index (χ0) is 8.55. The molecular weight excluding hydrogens is 152 g/mol. The Bertz CT molecular complexity index is 240. The van der Waals surface area contributed by atoms with Crippen molar-refractivity contribution in [2.45, 2.75) is 45.1 Å². The topological polar surface area (TPSA) is 26.3 Å². The fourth-order valence-electron chi connectivity index (χ4n) is 1.93. The van der Waals surface area contributed by atoms with Crippen molar-refractivity contribution in [2.75, 3.05) is 0 Å². The smallest absolute Gasteiger partial charge is 0.162 e. The highest BCUT2D eigenvalue weighted by molar-refractivity contribution is 5.96. The molecular formula is C10H14O2. The standard InChI is InChI=1S/C10H14O2/c1-7-5-6-8-9(11)3-2-4-10(8)12-7/h7H,2-6H2,1H3. The Kier molecular flexibility index (Phi) is 1.91. The third kappa shape index (κ3) is 1.26. The van der Waals surface area contributed by atoms with Crippen LogP contribution >= 0.6 is 0 Å². The Hall–Kier alpha value is -0.790. The molecule has 0 radical (unpaired) electrons. The van der Waals surface area contributed by atoms with Gasteiger partial charge in [0.1, 0.15) is 5.76 Å². The van der Waals surface area contributed by atoms with Crippen molar-refractivity contribution in [3.63, 3.8) is 0 Å². The normalized spacial score (nSPS) is 29.8. The molecule has 1 aliphatic carbocycles. The SMILES string of the molecule is CC1CCC2=C(CCCC2=O)O1. The molecule has 0 aromatic carbocycles. The zero-order valence-electron chi connectivity index (χ0n) is 7.43. The maximum atomic E-state index is 11.4. The van der Waals surface area contributed by atoms with Gasteiger partial charge in [-0.2, -0.15) is 0 Å². The third-order valence-electron chi connectivity index (χ3n) is 2.63. The molecule has 0 N–H and O–H groups in total. The summed E-state index contributed by atoms with van der Waals surface area (Å²) in [6.45, 7) is 2.07. The predicted octanol–water partition coefficient (Wildman–Crippen LogP) is 2.19. The minimum atomic E-state index is 0.314. The van der Waals surface area contributed by atoms with E-state index in [0.717, 1.165) is 43.4 Å². The van der Waals surface area contributed by atoms with Crippen molar-refractivity contribution in [1.29, 1.82) is 0 Å². The van der Waals surface area contributed by atoms with E-state index in [4.69, 9.17) is 4.74 Å². The molecule has 66 valence electrons. The number of allylic oxidation sites excluding steroid dienone is 2. The molecule has 0 bridgehead atoms. The molecule has 0 aromatic heterocycles. The highest BCUT2D eigenvalue weighted by Crippen LogP contribution is 2.31. The maximum Gasteiger partial charge on any atom is 0.162 e. The van der Waals surface area contributed by atoms with Crippen LogP contribution in [0.4, 0.5) is 0 Å². The number of Topliss-reactive ketones (excluding diaryl/α,β-unsaturated/α-hetero) is 1. The molecule has 1 aliphatic heterocycles. The lowest BCUT2D eigenvalue weighted by molar-refractivity contribution is -0.117. The highest BCUT2D eigenvalue weighted by Gasteiger charge is 2.26. The summed E-state index contributed by atoms with van der Waals surface area (Å²) in [6, 6.07) is 0. The average molecular weight is 166 g/mol. The molecule has 1 unspecified atom stereocenters. The lowest BCUT2D eigenvalue weighted by Gasteiger charge is -2.28. The minimum Gasteiger partial charge on any atom is -0.495 e. The van der Waals surface area contributed by atoms with E-state index >= 15 is 0 Å². The summed E-state index contributed by atoms with van der Waals surface area (Å²) < 4.78 is 5.62. The van der Waals surface area contributed by atoms with Gasteiger partial charge in [0.05, 0.1) is 6.10 Å². The summed E-state index contributed by atoms with van der Waals surface area (Å²) in [5.74, 6) is 1.31. The molecule has 12 heavy (non-hydrogen) atoms. The number of hydrogen-bond acceptors (Lipinski definition) is 2. The Balaban J connectivity index is 2.24. The van der Waals surface area contributed by atoms with Gasteiger partial charge in [0, 0.05) is 18.4 Å². The summed E-state index contributed by atoms with van der Waals surface area (Å²) in [5, 5.41) is 0. The number of ether oxygens (including phenoxy) is 1. The summed E-state index contributed by atoms with van der Waals surface area (Å²) in [5.41, 5.74) is 0.986. The molecule has 0 spiro atoms. The predicted molar refractivity (Wildman–Crippen MR) is 45.7 cm³/mol. The van der Waals surface area contributed by atoms with Crippen molar-refractivity contribution >= 4 is 5.78 Å². The first-order valence-electron chi connectivity index (χ1n) is 4.69. The number of hydrogen-bond donors (Lipinski definition) is 0. The van der Waals surface area contributed by atoms with Gasteiger partial charge >= 0.3 is 0 Å². The van der Waals surface area contributed by atoms with E-state index in [0.29, 0.717) is 11.9 Å². The Morgan fingerprint density at radius 3 is 3.00 bits per heavy atom. The molecule has 2 rings (SSSR count). The third-order valence-corrected chi connectivity index (χ3v) is 2.63. The molecule has 0 amide bonds. The van der Waals surface area contributed by atoms with Gasteiger partial charge < -0.3 is 4.74 Å². The van der Waals surface area contributed by atoms with Crippen LogP contribution in [0, 0.1) is 0 Å². The van der Waals surface area contributed by atoms with Gasteiger partial charge in [-0.1, -0.05) is 0 Å². The fourth-order valence-corrected chi connectivity index (χ4v) is 1.93. The van der Waals surface area contributed by atoms with E-state index in [2.05, 4.69) is 6.92 Å². The Morgan fingerprint density at radius 2 is 2.17 bits per heavy atom.